The first-order chi connectivity index (χ1) is 19.9. The number of carbonyl (C=O) groups is 2. The van der Waals surface area contributed by atoms with Crippen molar-refractivity contribution in [2.45, 2.75) is 65.8 Å². The highest BCUT2D eigenvalue weighted by molar-refractivity contribution is 6.46. The topological polar surface area (TPSA) is 88.5 Å². The lowest BCUT2D eigenvalue weighted by atomic mass is 9.95. The number of methoxy groups -OCH3 is 1. The molecule has 0 saturated carbocycles. The van der Waals surface area contributed by atoms with Gasteiger partial charge in [0.05, 0.1) is 31.9 Å². The smallest absolute Gasteiger partial charge is 0.295 e. The highest BCUT2D eigenvalue weighted by Crippen LogP contribution is 2.42. The Balaban J connectivity index is 2.01. The Hall–Kier alpha value is -3.52. The van der Waals surface area contributed by atoms with E-state index < -0.39 is 17.7 Å². The molecule has 3 rings (SSSR count). The molecule has 0 radical (unpaired) electrons. The molecule has 1 saturated heterocycles. The molecule has 8 nitrogen and oxygen atoms in total. The molecule has 1 aliphatic rings. The monoisotopic (exact) mass is 566 g/mol. The number of aliphatic hydroxyl groups is 1. The fourth-order valence-electron chi connectivity index (χ4n) is 5.05. The van der Waals surface area contributed by atoms with E-state index in [4.69, 9.17) is 14.2 Å². The summed E-state index contributed by atoms with van der Waals surface area (Å²) in [6, 6.07) is 11.6. The molecule has 2 aromatic carbocycles. The van der Waals surface area contributed by atoms with E-state index in [-0.39, 0.29) is 11.3 Å². The Labute approximate surface area is 244 Å². The molecule has 1 fully saturated rings. The molecule has 0 aliphatic carbocycles. The summed E-state index contributed by atoms with van der Waals surface area (Å²) < 4.78 is 17.3. The van der Waals surface area contributed by atoms with Crippen molar-refractivity contribution < 1.29 is 28.9 Å². The van der Waals surface area contributed by atoms with E-state index >= 15 is 0 Å². The zero-order chi connectivity index (χ0) is 29.8. The number of likely N-dealkylation sites (tertiary alicyclic amines) is 1. The lowest BCUT2D eigenvalue weighted by Crippen LogP contribution is -2.33. The van der Waals surface area contributed by atoms with Crippen molar-refractivity contribution in [3.8, 4) is 17.2 Å². The molecule has 1 unspecified atom stereocenters. The van der Waals surface area contributed by atoms with Crippen molar-refractivity contribution in [1.29, 1.82) is 0 Å². The first-order valence-electron chi connectivity index (χ1n) is 14.9. The molecule has 8 heteroatoms. The average Bonchev–Trinajstić information content (AvgIpc) is 3.25. The van der Waals surface area contributed by atoms with Crippen LogP contribution in [0, 0.1) is 0 Å². The van der Waals surface area contributed by atoms with Gasteiger partial charge in [0.25, 0.3) is 11.7 Å². The molecule has 0 bridgehead atoms. The van der Waals surface area contributed by atoms with Gasteiger partial charge in [0, 0.05) is 12.1 Å². The van der Waals surface area contributed by atoms with Crippen LogP contribution in [0.1, 0.15) is 77.0 Å². The maximum absolute atomic E-state index is 13.5. The molecule has 0 spiro atoms. The number of hydrogen-bond acceptors (Lipinski definition) is 7. The normalized spacial score (nSPS) is 16.4. The van der Waals surface area contributed by atoms with Crippen LogP contribution in [0.15, 0.2) is 48.0 Å². The SMILES string of the molecule is CCCCCOc1ccc(C2/C(=C(/O)c3ccc(OCCC)cc3)C(=O)C(=O)N2CCCN(CC)CC)cc1OC. The van der Waals surface area contributed by atoms with E-state index in [0.717, 1.165) is 45.3 Å². The third kappa shape index (κ3) is 8.03. The lowest BCUT2D eigenvalue weighted by Gasteiger charge is -2.27. The maximum atomic E-state index is 13.5. The van der Waals surface area contributed by atoms with Crippen LogP contribution in [-0.4, -0.2) is 73.1 Å². The summed E-state index contributed by atoms with van der Waals surface area (Å²) in [5.41, 5.74) is 1.19. The number of Topliss-reactive ketones (excluding diaryl/α,β-unsaturated/α-hetero) is 1. The van der Waals surface area contributed by atoms with Crippen LogP contribution >= 0.6 is 0 Å². The number of ether oxygens (including phenoxy) is 3. The fourth-order valence-corrected chi connectivity index (χ4v) is 5.05. The zero-order valence-corrected chi connectivity index (χ0v) is 25.3. The molecular weight excluding hydrogens is 520 g/mol. The summed E-state index contributed by atoms with van der Waals surface area (Å²) in [4.78, 5) is 30.7. The highest BCUT2D eigenvalue weighted by Gasteiger charge is 2.46. The van der Waals surface area contributed by atoms with Gasteiger partial charge in [-0.2, -0.15) is 0 Å². The van der Waals surface area contributed by atoms with Crippen molar-refractivity contribution in [3.63, 3.8) is 0 Å². The largest absolute Gasteiger partial charge is 0.507 e. The lowest BCUT2D eigenvalue weighted by molar-refractivity contribution is -0.140. The second-order valence-corrected chi connectivity index (χ2v) is 10.2. The molecule has 1 amide bonds. The number of benzene rings is 2. The molecule has 1 atom stereocenters. The number of carbonyl (C=O) groups excluding carboxylic acids is 2. The van der Waals surface area contributed by atoms with E-state index in [1.165, 1.54) is 0 Å². The quantitative estimate of drug-likeness (QED) is 0.105. The predicted octanol–water partition coefficient (Wildman–Crippen LogP) is 6.21. The van der Waals surface area contributed by atoms with Crippen molar-refractivity contribution in [2.24, 2.45) is 0 Å². The van der Waals surface area contributed by atoms with E-state index in [1.54, 1.807) is 42.3 Å². The standard InChI is InChI=1S/C33H46N2O6/c1-6-10-11-22-41-27-18-15-25(23-28(27)39-5)30-29(31(36)24-13-16-26(17-14-24)40-21-7-2)32(37)33(38)35(30)20-12-19-34(8-3)9-4/h13-18,23,30,36H,6-12,19-22H2,1-5H3/b31-29-. The van der Waals surface area contributed by atoms with Gasteiger partial charge in [-0.1, -0.05) is 46.6 Å². The minimum Gasteiger partial charge on any atom is -0.507 e. The number of nitrogens with zero attached hydrogens (tertiary/aromatic N) is 2. The van der Waals surface area contributed by atoms with Crippen LogP contribution in [0.25, 0.3) is 5.76 Å². The Morgan fingerprint density at radius 1 is 0.878 bits per heavy atom. The van der Waals surface area contributed by atoms with Crippen molar-refractivity contribution in [3.05, 3.63) is 59.2 Å². The van der Waals surface area contributed by atoms with Crippen LogP contribution < -0.4 is 14.2 Å². The molecular formula is C33H46N2O6. The molecule has 224 valence electrons. The zero-order valence-electron chi connectivity index (χ0n) is 25.3. The average molecular weight is 567 g/mol. The van der Waals surface area contributed by atoms with Crippen molar-refractivity contribution >= 4 is 17.4 Å². The van der Waals surface area contributed by atoms with Gasteiger partial charge in [-0.15, -0.1) is 0 Å². The minimum absolute atomic E-state index is 0.0683. The minimum atomic E-state index is -0.759. The molecule has 1 N–H and O–H groups in total. The summed E-state index contributed by atoms with van der Waals surface area (Å²) >= 11 is 0. The summed E-state index contributed by atoms with van der Waals surface area (Å²) in [7, 11) is 1.57. The van der Waals surface area contributed by atoms with Gasteiger partial charge in [-0.3, -0.25) is 9.59 Å². The van der Waals surface area contributed by atoms with Crippen LogP contribution in [0.2, 0.25) is 0 Å². The predicted molar refractivity (Wildman–Crippen MR) is 162 cm³/mol. The van der Waals surface area contributed by atoms with Crippen LogP contribution in [-0.2, 0) is 9.59 Å². The van der Waals surface area contributed by atoms with E-state index in [9.17, 15) is 14.7 Å². The second kappa shape index (κ2) is 16.1. The number of unbranched alkanes of at least 4 members (excludes halogenated alkanes) is 2. The molecule has 2 aromatic rings. The highest BCUT2D eigenvalue weighted by atomic mass is 16.5. The third-order valence-electron chi connectivity index (χ3n) is 7.42. The molecule has 0 aromatic heterocycles. The fraction of sp³-hybridized carbons (Fsp3) is 0.515. The first-order valence-corrected chi connectivity index (χ1v) is 14.9. The number of hydrogen-bond donors (Lipinski definition) is 1. The van der Waals surface area contributed by atoms with Gasteiger partial charge in [-0.25, -0.2) is 0 Å². The molecule has 41 heavy (non-hydrogen) atoms. The Bertz CT molecular complexity index is 1170. The first kappa shape index (κ1) is 32.0. The number of aliphatic hydroxyl groups excluding tert-OH is 1. The van der Waals surface area contributed by atoms with Gasteiger partial charge in [0.15, 0.2) is 11.5 Å². The van der Waals surface area contributed by atoms with Gasteiger partial charge in [0.2, 0.25) is 0 Å². The Morgan fingerprint density at radius 2 is 1.61 bits per heavy atom. The number of rotatable bonds is 17. The summed E-state index contributed by atoms with van der Waals surface area (Å²) in [5, 5.41) is 11.4. The van der Waals surface area contributed by atoms with Crippen LogP contribution in [0.5, 0.6) is 17.2 Å². The van der Waals surface area contributed by atoms with Gasteiger partial charge < -0.3 is 29.1 Å². The molecule has 1 heterocycles. The van der Waals surface area contributed by atoms with Crippen LogP contribution in [0.4, 0.5) is 0 Å². The van der Waals surface area contributed by atoms with Gasteiger partial charge in [-0.05, 0) is 80.9 Å². The molecule has 1 aliphatic heterocycles. The van der Waals surface area contributed by atoms with Crippen molar-refractivity contribution in [1.82, 2.24) is 9.80 Å². The maximum Gasteiger partial charge on any atom is 0.295 e. The Morgan fingerprint density at radius 3 is 2.24 bits per heavy atom. The summed E-state index contributed by atoms with van der Waals surface area (Å²) in [6.07, 6.45) is 4.70. The van der Waals surface area contributed by atoms with Gasteiger partial charge in [0.1, 0.15) is 11.5 Å². The summed E-state index contributed by atoms with van der Waals surface area (Å²) in [6.45, 7) is 12.5. The van der Waals surface area contributed by atoms with E-state index in [2.05, 4.69) is 25.7 Å². The van der Waals surface area contributed by atoms with E-state index in [1.807, 2.05) is 19.1 Å². The van der Waals surface area contributed by atoms with Gasteiger partial charge >= 0.3 is 0 Å². The second-order valence-electron chi connectivity index (χ2n) is 10.2. The number of ketones is 1. The Kier molecular flexibility index (Phi) is 12.5. The van der Waals surface area contributed by atoms with Crippen LogP contribution in [0.3, 0.4) is 0 Å². The van der Waals surface area contributed by atoms with E-state index in [0.29, 0.717) is 54.6 Å². The number of amides is 1. The third-order valence-corrected chi connectivity index (χ3v) is 7.42. The summed E-state index contributed by atoms with van der Waals surface area (Å²) in [5.74, 6) is 0.286. The van der Waals surface area contributed by atoms with Crippen molar-refractivity contribution in [2.75, 3.05) is 46.5 Å².